The van der Waals surface area contributed by atoms with Crippen LogP contribution in [0.5, 0.6) is 0 Å². The zero-order valence-electron chi connectivity index (χ0n) is 15.0. The Morgan fingerprint density at radius 2 is 1.65 bits per heavy atom. The summed E-state index contributed by atoms with van der Waals surface area (Å²) in [5.41, 5.74) is 1.77. The molecule has 0 aliphatic heterocycles. The Balaban J connectivity index is 2.66. The summed E-state index contributed by atoms with van der Waals surface area (Å²) in [5, 5.41) is 5.77. The average Bonchev–Trinajstić information content (AvgIpc) is 2.51. The molecule has 4 heteroatoms. The summed E-state index contributed by atoms with van der Waals surface area (Å²) in [4.78, 5) is 24.7. The van der Waals surface area contributed by atoms with Gasteiger partial charge in [0.1, 0.15) is 6.04 Å². The fraction of sp³-hybridized carbons (Fsp3) is 0.579. The van der Waals surface area contributed by atoms with Gasteiger partial charge in [-0.3, -0.25) is 9.59 Å². The Morgan fingerprint density at radius 1 is 1.04 bits per heavy atom. The molecule has 0 aliphatic rings. The normalized spacial score (nSPS) is 12.3. The minimum absolute atomic E-state index is 0.0351. The van der Waals surface area contributed by atoms with Crippen LogP contribution in [0.25, 0.3) is 0 Å². The first-order valence-corrected chi connectivity index (χ1v) is 8.52. The lowest BCUT2D eigenvalue weighted by Gasteiger charge is -2.22. The van der Waals surface area contributed by atoms with Crippen LogP contribution in [-0.4, -0.2) is 24.4 Å². The summed E-state index contributed by atoms with van der Waals surface area (Å²) in [6, 6.07) is 6.99. The second-order valence-corrected chi connectivity index (χ2v) is 6.72. The first kappa shape index (κ1) is 19.2. The molecule has 128 valence electrons. The molecule has 1 aromatic rings. The lowest BCUT2D eigenvalue weighted by atomic mass is 10.0. The number of hydrogen-bond donors (Lipinski definition) is 2. The van der Waals surface area contributed by atoms with Gasteiger partial charge in [-0.05, 0) is 42.4 Å². The molecule has 0 saturated heterocycles. The summed E-state index contributed by atoms with van der Waals surface area (Å²) in [6.45, 7) is 10.8. The molecular weight excluding hydrogens is 288 g/mol. The molecule has 0 saturated carbocycles. The molecule has 0 heterocycles. The fourth-order valence-corrected chi connectivity index (χ4v) is 2.25. The first-order valence-electron chi connectivity index (χ1n) is 8.52. The minimum atomic E-state index is -0.513. The Bertz CT molecular complexity index is 507. The van der Waals surface area contributed by atoms with Crippen molar-refractivity contribution in [1.82, 2.24) is 10.6 Å². The molecule has 2 amide bonds. The van der Waals surface area contributed by atoms with E-state index in [1.54, 1.807) is 0 Å². The highest BCUT2D eigenvalue weighted by atomic mass is 16.2. The highest BCUT2D eigenvalue weighted by Gasteiger charge is 2.24. The number of hydrogen-bond acceptors (Lipinski definition) is 2. The van der Waals surface area contributed by atoms with Crippen LogP contribution in [-0.2, 0) is 11.2 Å². The fourth-order valence-electron chi connectivity index (χ4n) is 2.25. The smallest absolute Gasteiger partial charge is 0.251 e. The van der Waals surface area contributed by atoms with Crippen molar-refractivity contribution < 1.29 is 9.59 Å². The van der Waals surface area contributed by atoms with E-state index in [0.717, 1.165) is 12.8 Å². The molecule has 23 heavy (non-hydrogen) atoms. The van der Waals surface area contributed by atoms with E-state index in [-0.39, 0.29) is 17.7 Å². The molecule has 1 rings (SSSR count). The predicted octanol–water partition coefficient (Wildman–Crippen LogP) is 3.17. The minimum Gasteiger partial charge on any atom is -0.354 e. The third-order valence-corrected chi connectivity index (χ3v) is 3.88. The van der Waals surface area contributed by atoms with Crippen molar-refractivity contribution in [2.45, 2.75) is 53.5 Å². The van der Waals surface area contributed by atoms with Gasteiger partial charge in [-0.1, -0.05) is 46.8 Å². The lowest BCUT2D eigenvalue weighted by Crippen LogP contribution is -2.50. The van der Waals surface area contributed by atoms with Gasteiger partial charge < -0.3 is 10.6 Å². The monoisotopic (exact) mass is 318 g/mol. The van der Waals surface area contributed by atoms with Gasteiger partial charge in [0.05, 0.1) is 0 Å². The Kier molecular flexibility index (Phi) is 7.79. The van der Waals surface area contributed by atoms with Gasteiger partial charge in [-0.25, -0.2) is 0 Å². The Labute approximate surface area is 140 Å². The number of amides is 2. The van der Waals surface area contributed by atoms with Gasteiger partial charge in [0.2, 0.25) is 5.91 Å². The van der Waals surface area contributed by atoms with Crippen molar-refractivity contribution in [3.63, 3.8) is 0 Å². The summed E-state index contributed by atoms with van der Waals surface area (Å²) < 4.78 is 0. The summed E-state index contributed by atoms with van der Waals surface area (Å²) >= 11 is 0. The van der Waals surface area contributed by atoms with Gasteiger partial charge in [-0.2, -0.15) is 0 Å². The van der Waals surface area contributed by atoms with E-state index in [1.807, 2.05) is 38.1 Å². The molecule has 0 aromatic heterocycles. The molecule has 0 unspecified atom stereocenters. The van der Waals surface area contributed by atoms with Crippen LogP contribution in [0.2, 0.25) is 0 Å². The maximum absolute atomic E-state index is 12.4. The number of benzene rings is 1. The molecule has 2 N–H and O–H groups in total. The highest BCUT2D eigenvalue weighted by Crippen LogP contribution is 2.08. The largest absolute Gasteiger partial charge is 0.354 e. The van der Waals surface area contributed by atoms with Crippen LogP contribution in [0.3, 0.4) is 0 Å². The zero-order chi connectivity index (χ0) is 17.4. The third kappa shape index (κ3) is 6.43. The van der Waals surface area contributed by atoms with Crippen LogP contribution < -0.4 is 10.6 Å². The summed E-state index contributed by atoms with van der Waals surface area (Å²) in [7, 11) is 0. The summed E-state index contributed by atoms with van der Waals surface area (Å²) in [6.07, 6.45) is 1.87. The van der Waals surface area contributed by atoms with Crippen molar-refractivity contribution in [1.29, 1.82) is 0 Å². The molecule has 1 aromatic carbocycles. The van der Waals surface area contributed by atoms with Crippen molar-refractivity contribution in [2.24, 2.45) is 11.8 Å². The van der Waals surface area contributed by atoms with E-state index in [0.29, 0.717) is 18.0 Å². The first-order chi connectivity index (χ1) is 10.8. The van der Waals surface area contributed by atoms with Crippen LogP contribution in [0.1, 0.15) is 57.0 Å². The number of carbonyl (C=O) groups excluding carboxylic acids is 2. The van der Waals surface area contributed by atoms with Crippen molar-refractivity contribution in [2.75, 3.05) is 6.54 Å². The molecule has 0 bridgehead atoms. The van der Waals surface area contributed by atoms with Gasteiger partial charge in [0.15, 0.2) is 0 Å². The number of rotatable bonds is 8. The van der Waals surface area contributed by atoms with Crippen molar-refractivity contribution in [3.05, 3.63) is 35.4 Å². The van der Waals surface area contributed by atoms with Crippen molar-refractivity contribution in [3.8, 4) is 0 Å². The number of nitrogens with one attached hydrogen (secondary N) is 2. The quantitative estimate of drug-likeness (QED) is 0.773. The molecule has 0 fully saturated rings. The second kappa shape index (κ2) is 9.33. The predicted molar refractivity (Wildman–Crippen MR) is 94.4 cm³/mol. The van der Waals surface area contributed by atoms with E-state index in [2.05, 4.69) is 31.4 Å². The number of carbonyl (C=O) groups is 2. The molecule has 0 radical (unpaired) electrons. The molecule has 0 spiro atoms. The van der Waals surface area contributed by atoms with E-state index >= 15 is 0 Å². The molecule has 4 nitrogen and oxygen atoms in total. The average molecular weight is 318 g/mol. The molecular formula is C19H30N2O2. The van der Waals surface area contributed by atoms with Gasteiger partial charge >= 0.3 is 0 Å². The maximum atomic E-state index is 12.4. The van der Waals surface area contributed by atoms with Crippen LogP contribution in [0, 0.1) is 11.8 Å². The molecule has 1 atom stereocenters. The topological polar surface area (TPSA) is 58.2 Å². The standard InChI is InChI=1S/C19H30N2O2/c1-6-15-7-9-16(10-8-15)18(22)21-17(14(4)5)19(23)20-12-11-13(2)3/h7-10,13-14,17H,6,11-12H2,1-5H3,(H,20,23)(H,21,22)/t17-/m0/s1. The Morgan fingerprint density at radius 3 is 2.13 bits per heavy atom. The van der Waals surface area contributed by atoms with Crippen LogP contribution in [0.4, 0.5) is 0 Å². The lowest BCUT2D eigenvalue weighted by molar-refractivity contribution is -0.123. The third-order valence-electron chi connectivity index (χ3n) is 3.88. The van der Waals surface area contributed by atoms with Crippen LogP contribution in [0.15, 0.2) is 24.3 Å². The second-order valence-electron chi connectivity index (χ2n) is 6.72. The maximum Gasteiger partial charge on any atom is 0.251 e. The number of aryl methyl sites for hydroxylation is 1. The zero-order valence-corrected chi connectivity index (χ0v) is 15.0. The highest BCUT2D eigenvalue weighted by molar-refractivity contribution is 5.97. The van der Waals surface area contributed by atoms with E-state index in [4.69, 9.17) is 0 Å². The van der Waals surface area contributed by atoms with E-state index < -0.39 is 6.04 Å². The van der Waals surface area contributed by atoms with Crippen molar-refractivity contribution >= 4 is 11.8 Å². The van der Waals surface area contributed by atoms with Gasteiger partial charge in [0.25, 0.3) is 5.91 Å². The molecule has 0 aliphatic carbocycles. The van der Waals surface area contributed by atoms with E-state index in [1.165, 1.54) is 5.56 Å². The van der Waals surface area contributed by atoms with Crippen LogP contribution >= 0.6 is 0 Å². The summed E-state index contributed by atoms with van der Waals surface area (Å²) in [5.74, 6) is 0.261. The van der Waals surface area contributed by atoms with Gasteiger partial charge in [-0.15, -0.1) is 0 Å². The van der Waals surface area contributed by atoms with E-state index in [9.17, 15) is 9.59 Å². The SMILES string of the molecule is CCc1ccc(C(=O)N[C@H](C(=O)NCCC(C)C)C(C)C)cc1. The Hall–Kier alpha value is -1.84. The van der Waals surface area contributed by atoms with Gasteiger partial charge in [0, 0.05) is 12.1 Å².